The number of hydrogen-bond acceptors (Lipinski definition) is 9. The van der Waals surface area contributed by atoms with Crippen LogP contribution in [0.2, 0.25) is 0 Å². The van der Waals surface area contributed by atoms with E-state index in [4.69, 9.17) is 4.52 Å². The molecule has 0 atom stereocenters. The van der Waals surface area contributed by atoms with E-state index >= 15 is 0 Å². The third kappa shape index (κ3) is 3.50. The number of rotatable bonds is 5. The van der Waals surface area contributed by atoms with Gasteiger partial charge in [0.1, 0.15) is 36.2 Å². The second-order valence-corrected chi connectivity index (χ2v) is 8.81. The number of hydrogen-bond donors (Lipinski definition) is 0. The summed E-state index contributed by atoms with van der Waals surface area (Å²) in [5.41, 5.74) is 1.01. The van der Waals surface area contributed by atoms with Crippen molar-refractivity contribution in [2.45, 2.75) is 5.75 Å². The van der Waals surface area contributed by atoms with Crippen molar-refractivity contribution in [3.05, 3.63) is 55.0 Å². The SMILES string of the molecule is O=S(=O)(Cc1noc2ccccc12)N1CCN(c2cc(-n3cncn3)ncn2)CC1. The molecule has 0 N–H and O–H groups in total. The van der Waals surface area contributed by atoms with Crippen LogP contribution in [0.3, 0.4) is 0 Å². The van der Waals surface area contributed by atoms with E-state index < -0.39 is 10.0 Å². The minimum absolute atomic E-state index is 0.187. The van der Waals surface area contributed by atoms with Gasteiger partial charge in [0, 0.05) is 37.6 Å². The zero-order chi connectivity index (χ0) is 20.6. The van der Waals surface area contributed by atoms with Gasteiger partial charge in [0.25, 0.3) is 0 Å². The molecule has 4 heterocycles. The molecule has 12 heteroatoms. The first kappa shape index (κ1) is 18.6. The predicted octanol–water partition coefficient (Wildman–Crippen LogP) is 0.851. The van der Waals surface area contributed by atoms with E-state index in [1.54, 1.807) is 23.1 Å². The molecule has 0 spiro atoms. The second kappa shape index (κ2) is 7.46. The number of para-hydroxylation sites is 1. The Morgan fingerprint density at radius 2 is 1.80 bits per heavy atom. The molecule has 30 heavy (non-hydrogen) atoms. The number of fused-ring (bicyclic) bond motifs is 1. The summed E-state index contributed by atoms with van der Waals surface area (Å²) in [7, 11) is -3.52. The van der Waals surface area contributed by atoms with Crippen molar-refractivity contribution in [1.29, 1.82) is 0 Å². The van der Waals surface area contributed by atoms with Gasteiger partial charge in [-0.05, 0) is 12.1 Å². The normalized spacial score (nSPS) is 15.7. The Morgan fingerprint density at radius 1 is 1.00 bits per heavy atom. The van der Waals surface area contributed by atoms with E-state index in [-0.39, 0.29) is 5.75 Å². The van der Waals surface area contributed by atoms with Crippen LogP contribution in [0.1, 0.15) is 5.69 Å². The molecule has 0 aliphatic carbocycles. The maximum atomic E-state index is 12.9. The summed E-state index contributed by atoms with van der Waals surface area (Å²) < 4.78 is 34.1. The van der Waals surface area contributed by atoms with E-state index in [1.807, 2.05) is 23.1 Å². The highest BCUT2D eigenvalue weighted by molar-refractivity contribution is 7.88. The van der Waals surface area contributed by atoms with E-state index in [9.17, 15) is 8.42 Å². The first-order chi connectivity index (χ1) is 14.6. The van der Waals surface area contributed by atoms with Gasteiger partial charge in [-0.2, -0.15) is 9.40 Å². The second-order valence-electron chi connectivity index (χ2n) is 6.84. The molecule has 0 unspecified atom stereocenters. The Labute approximate surface area is 172 Å². The minimum atomic E-state index is -3.52. The molecule has 0 amide bonds. The molecule has 154 valence electrons. The molecule has 4 aromatic rings. The van der Waals surface area contributed by atoms with Crippen molar-refractivity contribution < 1.29 is 12.9 Å². The summed E-state index contributed by atoms with van der Waals surface area (Å²) >= 11 is 0. The third-order valence-electron chi connectivity index (χ3n) is 5.02. The van der Waals surface area contributed by atoms with Crippen LogP contribution in [0.5, 0.6) is 0 Å². The summed E-state index contributed by atoms with van der Waals surface area (Å²) in [5, 5.41) is 8.74. The molecule has 0 bridgehead atoms. The molecule has 1 aliphatic heterocycles. The molecule has 5 rings (SSSR count). The lowest BCUT2D eigenvalue weighted by Crippen LogP contribution is -2.49. The fraction of sp³-hybridized carbons (Fsp3) is 0.278. The van der Waals surface area contributed by atoms with Gasteiger partial charge in [0.2, 0.25) is 10.0 Å². The lowest BCUT2D eigenvalue weighted by atomic mass is 10.2. The van der Waals surface area contributed by atoms with Crippen molar-refractivity contribution >= 4 is 26.8 Å². The Kier molecular flexibility index (Phi) is 4.64. The number of nitrogens with zero attached hydrogens (tertiary/aromatic N) is 8. The standard InChI is InChI=1S/C18H18N8O3S/c27-30(28,10-15-14-3-1-2-4-16(14)29-23-15)25-7-5-24(6-8-25)17-9-18(21-12-20-17)26-13-19-11-22-26/h1-4,9,11-13H,5-8,10H2. The molecule has 3 aromatic heterocycles. The van der Waals surface area contributed by atoms with E-state index in [1.165, 1.54) is 17.0 Å². The summed E-state index contributed by atoms with van der Waals surface area (Å²) in [4.78, 5) is 14.5. The molecular formula is C18H18N8O3S. The van der Waals surface area contributed by atoms with E-state index in [0.717, 1.165) is 11.2 Å². The Morgan fingerprint density at radius 3 is 2.60 bits per heavy atom. The summed E-state index contributed by atoms with van der Waals surface area (Å²) in [6.07, 6.45) is 4.46. The highest BCUT2D eigenvalue weighted by atomic mass is 32.2. The molecular weight excluding hydrogens is 408 g/mol. The average molecular weight is 426 g/mol. The minimum Gasteiger partial charge on any atom is -0.356 e. The average Bonchev–Trinajstić information content (AvgIpc) is 3.45. The van der Waals surface area contributed by atoms with Crippen LogP contribution < -0.4 is 4.90 Å². The fourth-order valence-electron chi connectivity index (χ4n) is 3.46. The van der Waals surface area contributed by atoms with Crippen molar-refractivity contribution in [3.8, 4) is 5.82 Å². The monoisotopic (exact) mass is 426 g/mol. The van der Waals surface area contributed by atoms with Gasteiger partial charge in [-0.3, -0.25) is 0 Å². The number of piperazine rings is 1. The van der Waals surface area contributed by atoms with Crippen molar-refractivity contribution in [1.82, 2.24) is 34.2 Å². The first-order valence-electron chi connectivity index (χ1n) is 9.33. The van der Waals surface area contributed by atoms with Gasteiger partial charge >= 0.3 is 0 Å². The number of benzene rings is 1. The largest absolute Gasteiger partial charge is 0.356 e. The van der Waals surface area contributed by atoms with Crippen LogP contribution >= 0.6 is 0 Å². The summed E-state index contributed by atoms with van der Waals surface area (Å²) in [6, 6.07) is 9.06. The van der Waals surface area contributed by atoms with Crippen LogP contribution in [0, 0.1) is 0 Å². The van der Waals surface area contributed by atoms with Crippen LogP contribution in [-0.2, 0) is 15.8 Å². The topological polar surface area (TPSA) is 123 Å². The molecule has 0 saturated carbocycles. The van der Waals surface area contributed by atoms with Gasteiger partial charge < -0.3 is 9.42 Å². The van der Waals surface area contributed by atoms with Crippen molar-refractivity contribution in [2.75, 3.05) is 31.1 Å². The molecule has 11 nitrogen and oxygen atoms in total. The molecule has 0 radical (unpaired) electrons. The van der Waals surface area contributed by atoms with E-state index in [2.05, 4.69) is 25.2 Å². The summed E-state index contributed by atoms with van der Waals surface area (Å²) in [6.45, 7) is 1.76. The molecule has 1 saturated heterocycles. The first-order valence-corrected chi connectivity index (χ1v) is 10.9. The van der Waals surface area contributed by atoms with Gasteiger partial charge in [-0.25, -0.2) is 28.1 Å². The van der Waals surface area contributed by atoms with Gasteiger partial charge in [0.15, 0.2) is 11.4 Å². The number of aromatic nitrogens is 6. The molecule has 1 aliphatic rings. The lowest BCUT2D eigenvalue weighted by Gasteiger charge is -2.34. The fourth-order valence-corrected chi connectivity index (χ4v) is 4.92. The van der Waals surface area contributed by atoms with Crippen LogP contribution in [-0.4, -0.2) is 68.8 Å². The van der Waals surface area contributed by atoms with Crippen molar-refractivity contribution in [2.24, 2.45) is 0 Å². The summed E-state index contributed by atoms with van der Waals surface area (Å²) in [5.74, 6) is 1.13. The van der Waals surface area contributed by atoms with Gasteiger partial charge in [-0.15, -0.1) is 0 Å². The smallest absolute Gasteiger partial charge is 0.220 e. The van der Waals surface area contributed by atoms with Crippen LogP contribution in [0.25, 0.3) is 16.8 Å². The quantitative estimate of drug-likeness (QED) is 0.457. The Balaban J connectivity index is 1.28. The lowest BCUT2D eigenvalue weighted by molar-refractivity contribution is 0.381. The molecule has 1 aromatic carbocycles. The third-order valence-corrected chi connectivity index (χ3v) is 6.81. The van der Waals surface area contributed by atoms with Crippen molar-refractivity contribution in [3.63, 3.8) is 0 Å². The maximum absolute atomic E-state index is 12.9. The van der Waals surface area contributed by atoms with Gasteiger partial charge in [0.05, 0.1) is 0 Å². The van der Waals surface area contributed by atoms with E-state index in [0.29, 0.717) is 43.3 Å². The van der Waals surface area contributed by atoms with Crippen LogP contribution in [0.15, 0.2) is 53.8 Å². The number of anilines is 1. The van der Waals surface area contributed by atoms with Gasteiger partial charge in [-0.1, -0.05) is 17.3 Å². The number of sulfonamides is 1. The predicted molar refractivity (Wildman–Crippen MR) is 107 cm³/mol. The maximum Gasteiger partial charge on any atom is 0.220 e. The Bertz CT molecular complexity index is 1260. The highest BCUT2D eigenvalue weighted by Gasteiger charge is 2.29. The molecule has 1 fully saturated rings. The highest BCUT2D eigenvalue weighted by Crippen LogP contribution is 2.22. The zero-order valence-electron chi connectivity index (χ0n) is 15.9. The zero-order valence-corrected chi connectivity index (χ0v) is 16.7. The van der Waals surface area contributed by atoms with Crippen LogP contribution in [0.4, 0.5) is 5.82 Å². The Hall–Kier alpha value is -3.38.